The molecular weight excluding hydrogens is 373 g/mol. The maximum Gasteiger partial charge on any atom is 0.433 e. The van der Waals surface area contributed by atoms with E-state index in [1.165, 1.54) is 0 Å². The molecule has 1 amide bonds. The number of amides is 1. The van der Waals surface area contributed by atoms with Gasteiger partial charge in [0, 0.05) is 58.2 Å². The van der Waals surface area contributed by atoms with Crippen LogP contribution in [0.25, 0.3) is 0 Å². The average molecular weight is 394 g/mol. The molecule has 28 heavy (non-hydrogen) atoms. The quantitative estimate of drug-likeness (QED) is 0.796. The first-order valence-electron chi connectivity index (χ1n) is 8.75. The van der Waals surface area contributed by atoms with Crippen molar-refractivity contribution in [3.63, 3.8) is 0 Å². The summed E-state index contributed by atoms with van der Waals surface area (Å²) in [5.74, 6) is 1.07. The molecule has 3 heterocycles. The maximum atomic E-state index is 12.6. The van der Waals surface area contributed by atoms with Gasteiger partial charge in [-0.1, -0.05) is 0 Å². The summed E-state index contributed by atoms with van der Waals surface area (Å²) in [6, 6.07) is 3.88. The first-order chi connectivity index (χ1) is 13.1. The molecule has 7 nitrogen and oxygen atoms in total. The number of pyridine rings is 1. The number of anilines is 2. The Bertz CT molecular complexity index is 845. The third kappa shape index (κ3) is 4.32. The van der Waals surface area contributed by atoms with E-state index in [1.807, 2.05) is 36.9 Å². The molecule has 1 aliphatic heterocycles. The molecule has 0 spiro atoms. The summed E-state index contributed by atoms with van der Waals surface area (Å²) < 4.78 is 37.8. The van der Waals surface area contributed by atoms with Crippen LogP contribution in [0, 0.1) is 6.92 Å². The highest BCUT2D eigenvalue weighted by atomic mass is 19.4. The van der Waals surface area contributed by atoms with Gasteiger partial charge in [-0.2, -0.15) is 18.2 Å². The van der Waals surface area contributed by atoms with Crippen molar-refractivity contribution in [1.82, 2.24) is 19.9 Å². The second-order valence-corrected chi connectivity index (χ2v) is 6.77. The molecule has 1 saturated heterocycles. The van der Waals surface area contributed by atoms with E-state index in [1.54, 1.807) is 4.90 Å². The van der Waals surface area contributed by atoms with Crippen molar-refractivity contribution < 1.29 is 18.0 Å². The van der Waals surface area contributed by atoms with Gasteiger partial charge in [0.2, 0.25) is 5.95 Å². The van der Waals surface area contributed by atoms with E-state index in [4.69, 9.17) is 0 Å². The number of carbonyl (C=O) groups excluding carboxylic acids is 1. The molecule has 0 bridgehead atoms. The van der Waals surface area contributed by atoms with Gasteiger partial charge in [0.15, 0.2) is 0 Å². The van der Waals surface area contributed by atoms with E-state index in [9.17, 15) is 18.0 Å². The topological polar surface area (TPSA) is 65.5 Å². The molecule has 3 rings (SSSR count). The van der Waals surface area contributed by atoms with E-state index < -0.39 is 11.9 Å². The number of halogens is 3. The lowest BCUT2D eigenvalue weighted by Gasteiger charge is -2.35. The smallest absolute Gasteiger partial charge is 0.363 e. The van der Waals surface area contributed by atoms with Crippen LogP contribution in [-0.4, -0.2) is 66.0 Å². The van der Waals surface area contributed by atoms with Gasteiger partial charge < -0.3 is 14.7 Å². The fraction of sp³-hybridized carbons (Fsp3) is 0.444. The summed E-state index contributed by atoms with van der Waals surface area (Å²) in [4.78, 5) is 30.4. The van der Waals surface area contributed by atoms with Crippen LogP contribution in [0.1, 0.15) is 21.7 Å². The van der Waals surface area contributed by atoms with Gasteiger partial charge in [-0.25, -0.2) is 4.98 Å². The van der Waals surface area contributed by atoms with Crippen LogP contribution in [0.15, 0.2) is 24.4 Å². The molecular formula is C18H21F3N6O. The van der Waals surface area contributed by atoms with Gasteiger partial charge in [-0.3, -0.25) is 9.78 Å². The lowest BCUT2D eigenvalue weighted by atomic mass is 10.2. The monoisotopic (exact) mass is 394 g/mol. The van der Waals surface area contributed by atoms with Gasteiger partial charge >= 0.3 is 6.18 Å². The Hall–Kier alpha value is -2.91. The summed E-state index contributed by atoms with van der Waals surface area (Å²) in [6.45, 7) is 3.82. The first kappa shape index (κ1) is 19.8. The summed E-state index contributed by atoms with van der Waals surface area (Å²) in [6.07, 6.45) is -3.54. The predicted molar refractivity (Wildman–Crippen MR) is 98.5 cm³/mol. The van der Waals surface area contributed by atoms with Crippen molar-refractivity contribution in [2.45, 2.75) is 13.1 Å². The Labute approximate surface area is 160 Å². The van der Waals surface area contributed by atoms with Crippen LogP contribution in [-0.2, 0) is 6.18 Å². The number of rotatable bonds is 3. The van der Waals surface area contributed by atoms with Crippen molar-refractivity contribution in [1.29, 1.82) is 0 Å². The number of piperazine rings is 1. The molecule has 2 aromatic heterocycles. The minimum absolute atomic E-state index is 0.142. The lowest BCUT2D eigenvalue weighted by Crippen LogP contribution is -2.49. The zero-order chi connectivity index (χ0) is 20.5. The zero-order valence-corrected chi connectivity index (χ0v) is 15.9. The molecule has 1 fully saturated rings. The number of carbonyl (C=O) groups is 1. The van der Waals surface area contributed by atoms with Crippen molar-refractivity contribution in [3.05, 3.63) is 41.3 Å². The molecule has 2 aromatic rings. The predicted octanol–water partition coefficient (Wildman–Crippen LogP) is 2.23. The SMILES string of the molecule is Cc1cc(N(C)C)nc(N2CCN(C(=O)c3ccc(C(F)(F)F)nc3)CC2)n1. The fourth-order valence-corrected chi connectivity index (χ4v) is 2.89. The van der Waals surface area contributed by atoms with Gasteiger partial charge in [-0.15, -0.1) is 0 Å². The number of hydrogen-bond donors (Lipinski definition) is 0. The first-order valence-corrected chi connectivity index (χ1v) is 8.75. The molecule has 0 aliphatic carbocycles. The highest BCUT2D eigenvalue weighted by molar-refractivity contribution is 5.94. The molecule has 150 valence electrons. The standard InChI is InChI=1S/C18H21F3N6O/c1-12-10-15(25(2)3)24-17(23-12)27-8-6-26(7-9-27)16(28)13-4-5-14(22-11-13)18(19,20)21/h4-5,10-11H,6-9H2,1-3H3. The number of nitrogens with zero attached hydrogens (tertiary/aromatic N) is 6. The lowest BCUT2D eigenvalue weighted by molar-refractivity contribution is -0.141. The third-order valence-electron chi connectivity index (χ3n) is 4.44. The normalized spacial score (nSPS) is 14.9. The Morgan fingerprint density at radius 2 is 1.79 bits per heavy atom. The van der Waals surface area contributed by atoms with E-state index in [2.05, 4.69) is 15.0 Å². The van der Waals surface area contributed by atoms with Crippen molar-refractivity contribution in [2.24, 2.45) is 0 Å². The highest BCUT2D eigenvalue weighted by Crippen LogP contribution is 2.27. The van der Waals surface area contributed by atoms with E-state index in [0.29, 0.717) is 32.1 Å². The minimum Gasteiger partial charge on any atom is -0.363 e. The Kier molecular flexibility index (Phi) is 5.39. The van der Waals surface area contributed by atoms with Crippen LogP contribution in [0.3, 0.4) is 0 Å². The minimum atomic E-state index is -4.52. The molecule has 0 aromatic carbocycles. The Morgan fingerprint density at radius 3 is 2.32 bits per heavy atom. The summed E-state index contributed by atoms with van der Waals surface area (Å²) in [5.41, 5.74) is -0.0200. The van der Waals surface area contributed by atoms with E-state index in [-0.39, 0.29) is 11.5 Å². The fourth-order valence-electron chi connectivity index (χ4n) is 2.89. The average Bonchev–Trinajstić information content (AvgIpc) is 2.66. The number of hydrogen-bond acceptors (Lipinski definition) is 6. The van der Waals surface area contributed by atoms with Crippen LogP contribution in [0.5, 0.6) is 0 Å². The molecule has 0 radical (unpaired) electrons. The maximum absolute atomic E-state index is 12.6. The van der Waals surface area contributed by atoms with Crippen molar-refractivity contribution in [3.8, 4) is 0 Å². The van der Waals surface area contributed by atoms with Gasteiger partial charge in [0.05, 0.1) is 5.56 Å². The molecule has 10 heteroatoms. The van der Waals surface area contributed by atoms with Crippen LogP contribution in [0.2, 0.25) is 0 Å². The van der Waals surface area contributed by atoms with E-state index >= 15 is 0 Å². The summed E-state index contributed by atoms with van der Waals surface area (Å²) >= 11 is 0. The highest BCUT2D eigenvalue weighted by Gasteiger charge is 2.32. The third-order valence-corrected chi connectivity index (χ3v) is 4.44. The van der Waals surface area contributed by atoms with Crippen LogP contribution in [0.4, 0.5) is 24.9 Å². The van der Waals surface area contributed by atoms with Gasteiger partial charge in [0.1, 0.15) is 11.5 Å². The second-order valence-electron chi connectivity index (χ2n) is 6.77. The Morgan fingerprint density at radius 1 is 1.11 bits per heavy atom. The van der Waals surface area contributed by atoms with Crippen LogP contribution >= 0.6 is 0 Å². The van der Waals surface area contributed by atoms with Crippen molar-refractivity contribution >= 4 is 17.7 Å². The number of aryl methyl sites for hydroxylation is 1. The van der Waals surface area contributed by atoms with Crippen molar-refractivity contribution in [2.75, 3.05) is 50.1 Å². The largest absolute Gasteiger partial charge is 0.433 e. The second kappa shape index (κ2) is 7.61. The molecule has 0 N–H and O–H groups in total. The molecule has 0 unspecified atom stereocenters. The summed E-state index contributed by atoms with van der Waals surface area (Å²) in [7, 11) is 3.81. The van der Waals surface area contributed by atoms with Gasteiger partial charge in [0.25, 0.3) is 5.91 Å². The Balaban J connectivity index is 1.66. The zero-order valence-electron chi connectivity index (χ0n) is 15.9. The van der Waals surface area contributed by atoms with Gasteiger partial charge in [-0.05, 0) is 19.1 Å². The molecule has 0 atom stereocenters. The number of aromatic nitrogens is 3. The molecule has 1 aliphatic rings. The summed E-state index contributed by atoms with van der Waals surface area (Å²) in [5, 5.41) is 0. The van der Waals surface area contributed by atoms with Crippen LogP contribution < -0.4 is 9.80 Å². The van der Waals surface area contributed by atoms with E-state index in [0.717, 1.165) is 29.8 Å². The molecule has 0 saturated carbocycles. The number of alkyl halides is 3.